The minimum Gasteiger partial charge on any atom is -0.507 e. The van der Waals surface area contributed by atoms with Crippen molar-refractivity contribution in [3.63, 3.8) is 0 Å². The Morgan fingerprint density at radius 1 is 1.22 bits per heavy atom. The Morgan fingerprint density at radius 3 is 2.50 bits per heavy atom. The Labute approximate surface area is 104 Å². The third kappa shape index (κ3) is 1.54. The van der Waals surface area contributed by atoms with Crippen molar-refractivity contribution in [3.05, 3.63) is 18.3 Å². The number of nitrogens with two attached hydrogens (primary N) is 1. The minimum absolute atomic E-state index is 0.0963. The van der Waals surface area contributed by atoms with Crippen LogP contribution >= 0.6 is 0 Å². The van der Waals surface area contributed by atoms with Crippen LogP contribution < -0.4 is 15.2 Å². The second-order valence-electron chi connectivity index (χ2n) is 4.08. The van der Waals surface area contributed by atoms with E-state index >= 15 is 0 Å². The number of phenols is 1. The van der Waals surface area contributed by atoms with Crippen LogP contribution in [0.15, 0.2) is 18.3 Å². The van der Waals surface area contributed by atoms with Crippen molar-refractivity contribution in [3.8, 4) is 28.4 Å². The highest BCUT2D eigenvalue weighted by atomic mass is 16.6. The molecule has 0 radical (unpaired) electrons. The molecular weight excluding hydrogens is 234 g/mol. The molecule has 0 atom stereocenters. The summed E-state index contributed by atoms with van der Waals surface area (Å²) in [5.41, 5.74) is 7.16. The van der Waals surface area contributed by atoms with E-state index in [1.54, 1.807) is 24.0 Å². The van der Waals surface area contributed by atoms with E-state index in [1.807, 2.05) is 0 Å². The number of phenolic OH excluding ortho intramolecular Hbond substituents is 1. The van der Waals surface area contributed by atoms with Crippen LogP contribution in [0.4, 0.5) is 5.82 Å². The summed E-state index contributed by atoms with van der Waals surface area (Å²) in [5, 5.41) is 14.1. The Balaban J connectivity index is 2.15. The summed E-state index contributed by atoms with van der Waals surface area (Å²) < 4.78 is 12.4. The number of aromatic nitrogens is 2. The van der Waals surface area contributed by atoms with E-state index in [2.05, 4.69) is 5.10 Å². The number of anilines is 1. The largest absolute Gasteiger partial charge is 0.507 e. The highest BCUT2D eigenvalue weighted by molar-refractivity contribution is 5.80. The van der Waals surface area contributed by atoms with Crippen LogP contribution in [0.3, 0.4) is 0 Å². The molecule has 0 amide bonds. The zero-order valence-electron chi connectivity index (χ0n) is 9.88. The van der Waals surface area contributed by atoms with Gasteiger partial charge in [-0.3, -0.25) is 4.68 Å². The summed E-state index contributed by atoms with van der Waals surface area (Å²) in [7, 11) is 1.74. The van der Waals surface area contributed by atoms with Crippen molar-refractivity contribution < 1.29 is 14.6 Å². The molecule has 0 aliphatic carbocycles. The summed E-state index contributed by atoms with van der Waals surface area (Å²) in [6.07, 6.45) is 1.61. The lowest BCUT2D eigenvalue weighted by Gasteiger charge is -2.19. The van der Waals surface area contributed by atoms with Gasteiger partial charge in [0.15, 0.2) is 11.5 Å². The van der Waals surface area contributed by atoms with Crippen molar-refractivity contribution >= 4 is 5.82 Å². The normalized spacial score (nSPS) is 13.6. The van der Waals surface area contributed by atoms with Gasteiger partial charge in [0.1, 0.15) is 24.8 Å². The zero-order valence-corrected chi connectivity index (χ0v) is 9.88. The molecule has 2 aromatic rings. The lowest BCUT2D eigenvalue weighted by Crippen LogP contribution is -2.15. The number of nitrogens with zero attached hydrogens (tertiary/aromatic N) is 2. The average Bonchev–Trinajstić information content (AvgIpc) is 2.69. The monoisotopic (exact) mass is 247 g/mol. The van der Waals surface area contributed by atoms with Gasteiger partial charge in [-0.25, -0.2) is 0 Å². The van der Waals surface area contributed by atoms with E-state index in [1.165, 1.54) is 6.07 Å². The molecule has 3 N–H and O–H groups in total. The fourth-order valence-electron chi connectivity index (χ4n) is 1.95. The highest BCUT2D eigenvalue weighted by Crippen LogP contribution is 2.42. The maximum atomic E-state index is 10.0. The van der Waals surface area contributed by atoms with Crippen LogP contribution in [0.1, 0.15) is 0 Å². The maximum absolute atomic E-state index is 10.0. The first-order valence-corrected chi connectivity index (χ1v) is 5.57. The predicted octanol–water partition coefficient (Wildman–Crippen LogP) is 1.15. The quantitative estimate of drug-likeness (QED) is 0.789. The van der Waals surface area contributed by atoms with Gasteiger partial charge in [0.2, 0.25) is 0 Å². The van der Waals surface area contributed by atoms with Crippen LogP contribution in [0.5, 0.6) is 17.2 Å². The van der Waals surface area contributed by atoms with Gasteiger partial charge < -0.3 is 20.3 Å². The fourth-order valence-corrected chi connectivity index (χ4v) is 1.95. The fraction of sp³-hybridized carbons (Fsp3) is 0.250. The van der Waals surface area contributed by atoms with E-state index in [0.29, 0.717) is 41.7 Å². The van der Waals surface area contributed by atoms with E-state index in [-0.39, 0.29) is 5.75 Å². The molecule has 1 aliphatic heterocycles. The van der Waals surface area contributed by atoms with Crippen LogP contribution in [0.25, 0.3) is 11.1 Å². The standard InChI is InChI=1S/C12H13N3O3/c1-15-12(13)8(6-14-15)7-4-10-11(5-9(7)16)18-3-2-17-10/h4-6,16H,2-3,13H2,1H3. The Kier molecular flexibility index (Phi) is 2.29. The number of ether oxygens (including phenoxy) is 2. The predicted molar refractivity (Wildman–Crippen MR) is 65.7 cm³/mol. The Bertz CT molecular complexity index is 607. The van der Waals surface area contributed by atoms with Gasteiger partial charge in [-0.15, -0.1) is 0 Å². The third-order valence-electron chi connectivity index (χ3n) is 2.94. The number of benzene rings is 1. The maximum Gasteiger partial charge on any atom is 0.165 e. The van der Waals surface area contributed by atoms with Gasteiger partial charge in [0.25, 0.3) is 0 Å². The number of hydrogen-bond acceptors (Lipinski definition) is 5. The van der Waals surface area contributed by atoms with E-state index in [4.69, 9.17) is 15.2 Å². The van der Waals surface area contributed by atoms with E-state index in [0.717, 1.165) is 0 Å². The number of fused-ring (bicyclic) bond motifs is 1. The lowest BCUT2D eigenvalue weighted by molar-refractivity contribution is 0.171. The van der Waals surface area contributed by atoms with Crippen LogP contribution in [0.2, 0.25) is 0 Å². The lowest BCUT2D eigenvalue weighted by atomic mass is 10.1. The van der Waals surface area contributed by atoms with Crippen molar-refractivity contribution in [1.29, 1.82) is 0 Å². The molecule has 0 saturated carbocycles. The van der Waals surface area contributed by atoms with Gasteiger partial charge in [-0.1, -0.05) is 0 Å². The van der Waals surface area contributed by atoms with Gasteiger partial charge in [0, 0.05) is 24.2 Å². The summed E-state index contributed by atoms with van der Waals surface area (Å²) >= 11 is 0. The summed E-state index contributed by atoms with van der Waals surface area (Å²) in [5.74, 6) is 1.74. The molecule has 3 rings (SSSR count). The summed E-state index contributed by atoms with van der Waals surface area (Å²) in [4.78, 5) is 0. The molecule has 1 aromatic carbocycles. The van der Waals surface area contributed by atoms with Crippen LogP contribution in [-0.2, 0) is 7.05 Å². The van der Waals surface area contributed by atoms with Crippen molar-refractivity contribution in [2.75, 3.05) is 18.9 Å². The average molecular weight is 247 g/mol. The second-order valence-corrected chi connectivity index (χ2v) is 4.08. The topological polar surface area (TPSA) is 82.5 Å². The van der Waals surface area contributed by atoms with Gasteiger partial charge in [-0.2, -0.15) is 5.10 Å². The number of aryl methyl sites for hydroxylation is 1. The van der Waals surface area contributed by atoms with Crippen molar-refractivity contribution in [1.82, 2.24) is 9.78 Å². The molecule has 0 unspecified atom stereocenters. The first-order valence-electron chi connectivity index (χ1n) is 5.57. The van der Waals surface area contributed by atoms with Crippen LogP contribution in [-0.4, -0.2) is 28.1 Å². The Morgan fingerprint density at radius 2 is 1.89 bits per heavy atom. The van der Waals surface area contributed by atoms with E-state index in [9.17, 15) is 5.11 Å². The minimum atomic E-state index is 0.0963. The smallest absolute Gasteiger partial charge is 0.165 e. The molecule has 0 spiro atoms. The summed E-state index contributed by atoms with van der Waals surface area (Å²) in [6, 6.07) is 3.26. The number of nitrogen functional groups attached to an aromatic ring is 1. The van der Waals surface area contributed by atoms with E-state index < -0.39 is 0 Å². The first kappa shape index (κ1) is 10.8. The molecular formula is C12H13N3O3. The molecule has 0 fully saturated rings. The number of hydrogen-bond donors (Lipinski definition) is 2. The molecule has 18 heavy (non-hydrogen) atoms. The molecule has 1 aliphatic rings. The molecule has 1 aromatic heterocycles. The molecule has 94 valence electrons. The third-order valence-corrected chi connectivity index (χ3v) is 2.94. The molecule has 6 nitrogen and oxygen atoms in total. The highest BCUT2D eigenvalue weighted by Gasteiger charge is 2.18. The van der Waals surface area contributed by atoms with Crippen molar-refractivity contribution in [2.24, 2.45) is 7.05 Å². The number of rotatable bonds is 1. The zero-order chi connectivity index (χ0) is 12.7. The first-order chi connectivity index (χ1) is 8.66. The summed E-state index contributed by atoms with van der Waals surface area (Å²) in [6.45, 7) is 0.987. The van der Waals surface area contributed by atoms with Crippen LogP contribution in [0, 0.1) is 0 Å². The molecule has 2 heterocycles. The van der Waals surface area contributed by atoms with Gasteiger partial charge >= 0.3 is 0 Å². The van der Waals surface area contributed by atoms with Crippen molar-refractivity contribution in [2.45, 2.75) is 0 Å². The van der Waals surface area contributed by atoms with Gasteiger partial charge in [0.05, 0.1) is 6.20 Å². The molecule has 0 bridgehead atoms. The molecule has 0 saturated heterocycles. The molecule has 6 heteroatoms. The van der Waals surface area contributed by atoms with Gasteiger partial charge in [-0.05, 0) is 6.07 Å². The SMILES string of the molecule is Cn1ncc(-c2cc3c(cc2O)OCCO3)c1N. The number of aromatic hydroxyl groups is 1. The second kappa shape index (κ2) is 3.83. The Hall–Kier alpha value is -2.37.